The fourth-order valence-corrected chi connectivity index (χ4v) is 11.1. The van der Waals surface area contributed by atoms with Gasteiger partial charge in [0, 0.05) is 5.92 Å². The van der Waals surface area contributed by atoms with Crippen molar-refractivity contribution in [3.8, 4) is 11.8 Å². The largest absolute Gasteiger partial charge is 0.480 e. The topological polar surface area (TPSA) is 183 Å². The van der Waals surface area contributed by atoms with Crippen LogP contribution in [0.15, 0.2) is 0 Å². The van der Waals surface area contributed by atoms with Gasteiger partial charge in [-0.1, -0.05) is 88.9 Å². The molecule has 5 aliphatic carbocycles. The summed E-state index contributed by atoms with van der Waals surface area (Å²) in [6, 6.07) is -4.26. The Balaban J connectivity index is 1.24. The van der Waals surface area contributed by atoms with Crippen LogP contribution in [-0.2, 0) is 28.7 Å². The van der Waals surface area contributed by atoms with Crippen LogP contribution in [0.5, 0.6) is 0 Å². The highest BCUT2D eigenvalue weighted by atomic mass is 16.5. The molecule has 4 unspecified atom stereocenters. The van der Waals surface area contributed by atoms with Gasteiger partial charge >= 0.3 is 5.97 Å². The molecule has 0 aromatic heterocycles. The molecule has 2 aliphatic heterocycles. The molecule has 6 N–H and O–H groups in total. The Bertz CT molecular complexity index is 1430. The highest BCUT2D eigenvalue weighted by Gasteiger charge is 2.36. The van der Waals surface area contributed by atoms with Crippen molar-refractivity contribution in [2.75, 3.05) is 6.61 Å². The molecule has 2 heterocycles. The molecule has 4 atom stereocenters. The Labute approximate surface area is 346 Å². The molecular formula is C46H72N4O8. The van der Waals surface area contributed by atoms with Crippen LogP contribution in [0.2, 0.25) is 0 Å². The first-order valence-electron chi connectivity index (χ1n) is 23.3. The van der Waals surface area contributed by atoms with Crippen LogP contribution in [0.4, 0.5) is 0 Å². The minimum absolute atomic E-state index is 0.0203. The second kappa shape index (κ2) is 22.4. The monoisotopic (exact) mass is 809 g/mol. The summed E-state index contributed by atoms with van der Waals surface area (Å²) in [5.41, 5.74) is 0. The molecule has 7 rings (SSSR count). The van der Waals surface area contributed by atoms with E-state index in [2.05, 4.69) is 33.1 Å². The lowest BCUT2D eigenvalue weighted by molar-refractivity contribution is -0.143. The van der Waals surface area contributed by atoms with Gasteiger partial charge in [-0.05, 0) is 119 Å². The number of carbonyl (C=O) groups excluding carboxylic acids is 4. The van der Waals surface area contributed by atoms with Crippen molar-refractivity contribution in [1.82, 2.24) is 21.3 Å². The molecule has 7 aliphatic rings. The summed E-state index contributed by atoms with van der Waals surface area (Å²) >= 11 is 0. The molecule has 12 nitrogen and oxygen atoms in total. The van der Waals surface area contributed by atoms with Gasteiger partial charge in [-0.2, -0.15) is 0 Å². The second-order valence-corrected chi connectivity index (χ2v) is 19.0. The number of carboxylic acids is 1. The van der Waals surface area contributed by atoms with Crippen molar-refractivity contribution in [1.29, 1.82) is 0 Å². The number of aliphatic hydroxyl groups is 1. The Hall–Kier alpha value is -3.17. The van der Waals surface area contributed by atoms with E-state index in [0.717, 1.165) is 63.7 Å². The van der Waals surface area contributed by atoms with Crippen LogP contribution in [0.1, 0.15) is 167 Å². The van der Waals surface area contributed by atoms with Gasteiger partial charge in [-0.25, -0.2) is 4.79 Å². The number of ether oxygens (including phenoxy) is 1. The van der Waals surface area contributed by atoms with Gasteiger partial charge in [-0.15, -0.1) is 0 Å². The minimum atomic E-state index is -1.22. The van der Waals surface area contributed by atoms with Crippen LogP contribution < -0.4 is 21.3 Å². The molecule has 2 saturated heterocycles. The number of amides is 4. The Morgan fingerprint density at radius 3 is 1.90 bits per heavy atom. The van der Waals surface area contributed by atoms with Gasteiger partial charge in [0.1, 0.15) is 24.7 Å². The van der Waals surface area contributed by atoms with Gasteiger partial charge in [0.05, 0.1) is 12.2 Å². The zero-order valence-electron chi connectivity index (χ0n) is 34.9. The molecule has 0 spiro atoms. The lowest BCUT2D eigenvalue weighted by atomic mass is 9.70. The summed E-state index contributed by atoms with van der Waals surface area (Å²) in [6.45, 7) is -0.249. The van der Waals surface area contributed by atoms with E-state index in [1.165, 1.54) is 38.5 Å². The van der Waals surface area contributed by atoms with Gasteiger partial charge in [0.25, 0.3) is 5.91 Å². The standard InChI is InChI=1S/C46H72N4O8/c51-36-21-13-31(14-22-36)18-25-38-43(53)49-40(27-32-11-19-35(20-12-32)34-9-5-2-6-10-34)45(55)48-39(26-17-30-7-3-1-4-8-30)44(54)50-41(46(56)57)28-33-15-23-37(24-16-33)58-29-42(52)47-38/h30-41,51H,1-17,19-24,26-29H2,(H,47,52)(H,48,55)(H,49,53)(H,50,54)(H,56,57). The number of aliphatic carboxylic acids is 1. The third-order valence-corrected chi connectivity index (χ3v) is 14.8. The summed E-state index contributed by atoms with van der Waals surface area (Å²) < 4.78 is 6.00. The Morgan fingerprint density at radius 2 is 1.22 bits per heavy atom. The van der Waals surface area contributed by atoms with E-state index < -0.39 is 53.8 Å². The number of carbonyl (C=O) groups is 5. The third-order valence-electron chi connectivity index (χ3n) is 14.8. The van der Waals surface area contributed by atoms with Gasteiger partial charge in [0.2, 0.25) is 17.7 Å². The molecule has 0 radical (unpaired) electrons. The maximum absolute atomic E-state index is 14.5. The molecule has 7 fully saturated rings. The van der Waals surface area contributed by atoms with E-state index in [1.807, 2.05) is 0 Å². The van der Waals surface area contributed by atoms with Gasteiger partial charge in [0.15, 0.2) is 6.04 Å². The summed E-state index contributed by atoms with van der Waals surface area (Å²) in [5.74, 6) is 5.24. The highest BCUT2D eigenvalue weighted by Crippen LogP contribution is 2.41. The molecule has 0 aromatic rings. The fraction of sp³-hybridized carbons (Fsp3) is 0.848. The smallest absolute Gasteiger partial charge is 0.326 e. The van der Waals surface area contributed by atoms with E-state index in [1.54, 1.807) is 0 Å². The molecule has 2 bridgehead atoms. The summed E-state index contributed by atoms with van der Waals surface area (Å²) in [6.07, 6.45) is 22.9. The maximum atomic E-state index is 14.5. The SMILES string of the molecule is O=C1COC2CCC(CC2)CC(C(=O)O)NC(=O)C(CCC2CCCCC2)NC(=O)C(CC2CCC(C3CCCCC3)CC2)NC(=O)C(C#CC2CCC(O)CC2)N1. The predicted octanol–water partition coefficient (Wildman–Crippen LogP) is 5.68. The fourth-order valence-electron chi connectivity index (χ4n) is 11.1. The van der Waals surface area contributed by atoms with Crippen LogP contribution in [0.3, 0.4) is 0 Å². The first-order valence-corrected chi connectivity index (χ1v) is 23.3. The van der Waals surface area contributed by atoms with Crippen LogP contribution >= 0.6 is 0 Å². The Kier molecular flexibility index (Phi) is 17.2. The number of carboxylic acid groups (broad SMARTS) is 1. The zero-order chi connectivity index (χ0) is 40.9. The summed E-state index contributed by atoms with van der Waals surface area (Å²) in [4.78, 5) is 68.8. The number of nitrogens with one attached hydrogen (secondary N) is 4. The molecule has 4 amide bonds. The van der Waals surface area contributed by atoms with E-state index in [9.17, 15) is 34.2 Å². The number of hydrogen-bond donors (Lipinski definition) is 6. The highest BCUT2D eigenvalue weighted by molar-refractivity contribution is 5.96. The number of rotatable bonds is 7. The molecule has 324 valence electrons. The van der Waals surface area contributed by atoms with Crippen molar-refractivity contribution in [3.63, 3.8) is 0 Å². The van der Waals surface area contributed by atoms with Gasteiger partial charge in [-0.3, -0.25) is 19.2 Å². The summed E-state index contributed by atoms with van der Waals surface area (Å²) in [7, 11) is 0. The average Bonchev–Trinajstić information content (AvgIpc) is 3.24. The first-order chi connectivity index (χ1) is 28.1. The van der Waals surface area contributed by atoms with Crippen LogP contribution in [0, 0.1) is 47.3 Å². The third kappa shape index (κ3) is 13.7. The average molecular weight is 809 g/mol. The number of aliphatic hydroxyl groups excluding tert-OH is 1. The molecular weight excluding hydrogens is 737 g/mol. The molecule has 0 aromatic carbocycles. The van der Waals surface area contributed by atoms with E-state index >= 15 is 0 Å². The van der Waals surface area contributed by atoms with Crippen molar-refractivity contribution >= 4 is 29.6 Å². The molecule has 5 saturated carbocycles. The van der Waals surface area contributed by atoms with Crippen LogP contribution in [-0.4, -0.2) is 82.8 Å². The lowest BCUT2D eigenvalue weighted by Gasteiger charge is -2.37. The van der Waals surface area contributed by atoms with E-state index in [4.69, 9.17) is 4.74 Å². The van der Waals surface area contributed by atoms with Crippen LogP contribution in [0.25, 0.3) is 0 Å². The van der Waals surface area contributed by atoms with E-state index in [0.29, 0.717) is 76.0 Å². The quantitative estimate of drug-likeness (QED) is 0.140. The summed E-state index contributed by atoms with van der Waals surface area (Å²) in [5, 5.41) is 31.9. The normalized spacial score (nSPS) is 35.7. The van der Waals surface area contributed by atoms with E-state index in [-0.39, 0.29) is 43.0 Å². The van der Waals surface area contributed by atoms with Crippen molar-refractivity contribution in [2.24, 2.45) is 35.5 Å². The van der Waals surface area contributed by atoms with Crippen molar-refractivity contribution in [2.45, 2.75) is 203 Å². The van der Waals surface area contributed by atoms with Gasteiger partial charge < -0.3 is 36.2 Å². The number of hydrogen-bond acceptors (Lipinski definition) is 7. The second-order valence-electron chi connectivity index (χ2n) is 19.0. The molecule has 12 heteroatoms. The predicted molar refractivity (Wildman–Crippen MR) is 220 cm³/mol. The maximum Gasteiger partial charge on any atom is 0.326 e. The van der Waals surface area contributed by atoms with Crippen molar-refractivity contribution in [3.05, 3.63) is 0 Å². The zero-order valence-corrected chi connectivity index (χ0v) is 34.9. The molecule has 58 heavy (non-hydrogen) atoms. The number of fused-ring (bicyclic) bond motifs is 16. The first kappa shape index (κ1) is 44.4. The minimum Gasteiger partial charge on any atom is -0.480 e. The Morgan fingerprint density at radius 1 is 0.603 bits per heavy atom. The van der Waals surface area contributed by atoms with Crippen molar-refractivity contribution < 1.29 is 38.9 Å². The lowest BCUT2D eigenvalue weighted by Crippen LogP contribution is -2.58.